The third kappa shape index (κ3) is 8.49. The van der Waals surface area contributed by atoms with E-state index in [1.807, 2.05) is 0 Å². The SMILES string of the molecule is C[CH2][Al+][CH2]C.[O-]CC1CC1. The van der Waals surface area contributed by atoms with Gasteiger partial charge in [0, 0.05) is 0 Å². The van der Waals surface area contributed by atoms with E-state index < -0.39 is 0 Å². The summed E-state index contributed by atoms with van der Waals surface area (Å²) in [6, 6.07) is 0. The summed E-state index contributed by atoms with van der Waals surface area (Å²) < 4.78 is 0. The Morgan fingerprint density at radius 3 is 1.80 bits per heavy atom. The molecule has 0 aliphatic heterocycles. The second-order valence-electron chi connectivity index (χ2n) is 2.72. The van der Waals surface area contributed by atoms with E-state index >= 15 is 0 Å². The molecule has 0 spiro atoms. The first kappa shape index (κ1) is 10.5. The molecule has 2 heteroatoms. The fourth-order valence-corrected chi connectivity index (χ4v) is 1.15. The minimum absolute atomic E-state index is 0.167. The van der Waals surface area contributed by atoms with Gasteiger partial charge in [-0.1, -0.05) is 18.8 Å². The summed E-state index contributed by atoms with van der Waals surface area (Å²) >= 11 is 0.815. The minimum Gasteiger partial charge on any atom is -0.854 e. The summed E-state index contributed by atoms with van der Waals surface area (Å²) in [5.41, 5.74) is 0. The summed E-state index contributed by atoms with van der Waals surface area (Å²) in [7, 11) is 0. The van der Waals surface area contributed by atoms with E-state index in [4.69, 9.17) is 0 Å². The normalized spacial score (nSPS) is 15.1. The van der Waals surface area contributed by atoms with Crippen LogP contribution in [-0.4, -0.2) is 21.8 Å². The molecule has 0 N–H and O–H groups in total. The molecule has 1 aliphatic carbocycles. The van der Waals surface area contributed by atoms with Crippen molar-refractivity contribution in [3.8, 4) is 0 Å². The summed E-state index contributed by atoms with van der Waals surface area (Å²) in [5, 5.41) is 12.5. The quantitative estimate of drug-likeness (QED) is 0.565. The Balaban J connectivity index is 0.000000162. The Kier molecular flexibility index (Phi) is 7.97. The maximum absolute atomic E-state index is 9.69. The molecule has 1 saturated carbocycles. The Morgan fingerprint density at radius 1 is 1.30 bits per heavy atom. The van der Waals surface area contributed by atoms with Gasteiger partial charge in [-0.2, -0.15) is 0 Å². The van der Waals surface area contributed by atoms with Gasteiger partial charge in [-0.3, -0.25) is 0 Å². The Hall–Kier alpha value is 0.492. The van der Waals surface area contributed by atoms with Crippen LogP contribution in [0.3, 0.4) is 0 Å². The van der Waals surface area contributed by atoms with Crippen LogP contribution >= 0.6 is 0 Å². The molecule has 1 aliphatic rings. The van der Waals surface area contributed by atoms with E-state index in [0.29, 0.717) is 5.92 Å². The van der Waals surface area contributed by atoms with Crippen molar-refractivity contribution in [3.63, 3.8) is 0 Å². The van der Waals surface area contributed by atoms with Crippen LogP contribution < -0.4 is 5.11 Å². The third-order valence-corrected chi connectivity index (χ3v) is 2.66. The van der Waals surface area contributed by atoms with Gasteiger partial charge in [-0.05, 0) is 0 Å². The second-order valence-corrected chi connectivity index (χ2v) is 4.93. The van der Waals surface area contributed by atoms with Gasteiger partial charge in [0.1, 0.15) is 0 Å². The molecule has 1 rings (SSSR count). The Labute approximate surface area is 70.5 Å². The molecule has 0 radical (unpaired) electrons. The Morgan fingerprint density at radius 2 is 1.80 bits per heavy atom. The molecule has 58 valence electrons. The van der Waals surface area contributed by atoms with Gasteiger partial charge >= 0.3 is 39.6 Å². The van der Waals surface area contributed by atoms with Crippen LogP contribution in [0.15, 0.2) is 0 Å². The van der Waals surface area contributed by atoms with Gasteiger partial charge in [0.15, 0.2) is 0 Å². The van der Waals surface area contributed by atoms with Gasteiger partial charge in [-0.15, -0.1) is 6.61 Å². The van der Waals surface area contributed by atoms with Crippen LogP contribution in [0.4, 0.5) is 0 Å². The van der Waals surface area contributed by atoms with E-state index in [0.717, 1.165) is 15.2 Å². The van der Waals surface area contributed by atoms with Crippen LogP contribution in [0.5, 0.6) is 0 Å². The molecule has 0 unspecified atom stereocenters. The van der Waals surface area contributed by atoms with Gasteiger partial charge in [0.25, 0.3) is 0 Å². The van der Waals surface area contributed by atoms with E-state index in [9.17, 15) is 5.11 Å². The van der Waals surface area contributed by atoms with Crippen LogP contribution in [0.25, 0.3) is 0 Å². The summed E-state index contributed by atoms with van der Waals surface area (Å²) in [4.78, 5) is 0. The van der Waals surface area contributed by atoms with Crippen molar-refractivity contribution in [2.75, 3.05) is 6.61 Å². The third-order valence-electron chi connectivity index (χ3n) is 1.51. The van der Waals surface area contributed by atoms with E-state index in [2.05, 4.69) is 13.8 Å². The molecule has 0 bridgehead atoms. The second kappa shape index (κ2) is 7.60. The first-order chi connectivity index (χ1) is 4.85. The first-order valence-corrected chi connectivity index (χ1v) is 5.88. The zero-order valence-electron chi connectivity index (χ0n) is 7.10. The fourth-order valence-electron chi connectivity index (χ4n) is 0.573. The maximum atomic E-state index is 9.69. The number of hydrogen-bond acceptors (Lipinski definition) is 1. The fraction of sp³-hybridized carbons (Fsp3) is 1.00. The molecule has 1 fully saturated rings. The molecule has 0 heterocycles. The number of rotatable bonds is 3. The van der Waals surface area contributed by atoms with Gasteiger partial charge < -0.3 is 5.11 Å². The molecule has 10 heavy (non-hydrogen) atoms. The van der Waals surface area contributed by atoms with Crippen molar-refractivity contribution in [1.82, 2.24) is 0 Å². The molecular formula is C8H17AlO. The van der Waals surface area contributed by atoms with Gasteiger partial charge in [-0.25, -0.2) is 0 Å². The maximum Gasteiger partial charge on any atom is -0.0515 e. The molecule has 0 aromatic heterocycles. The van der Waals surface area contributed by atoms with Crippen LogP contribution in [0.1, 0.15) is 26.7 Å². The first-order valence-electron chi connectivity index (χ1n) is 4.24. The topological polar surface area (TPSA) is 23.1 Å². The monoisotopic (exact) mass is 156 g/mol. The van der Waals surface area contributed by atoms with E-state index in [1.165, 1.54) is 23.4 Å². The van der Waals surface area contributed by atoms with Crippen molar-refractivity contribution in [2.45, 2.75) is 37.3 Å². The Bertz CT molecular complexity index is 60.3. The van der Waals surface area contributed by atoms with Crippen molar-refractivity contribution in [2.24, 2.45) is 5.92 Å². The van der Waals surface area contributed by atoms with Crippen LogP contribution in [0, 0.1) is 5.92 Å². The summed E-state index contributed by atoms with van der Waals surface area (Å²) in [6.45, 7) is 4.66. The average molecular weight is 156 g/mol. The number of hydrogen-bond donors (Lipinski definition) is 0. The molecule has 0 amide bonds. The van der Waals surface area contributed by atoms with Crippen molar-refractivity contribution >= 4 is 15.2 Å². The van der Waals surface area contributed by atoms with Gasteiger partial charge in [0.05, 0.1) is 0 Å². The van der Waals surface area contributed by atoms with E-state index in [-0.39, 0.29) is 6.61 Å². The predicted molar refractivity (Wildman–Crippen MR) is 44.3 cm³/mol. The standard InChI is InChI=1S/C4H7O.2C2H5.Al/c5-3-4-1-2-4;2*1-2;/h4H,1-3H2;2*1H2,2H3;/q-1;;;+1. The largest absolute Gasteiger partial charge is 0.854 e. The van der Waals surface area contributed by atoms with Crippen LogP contribution in [0.2, 0.25) is 10.6 Å². The van der Waals surface area contributed by atoms with Crippen LogP contribution in [-0.2, 0) is 0 Å². The summed E-state index contributed by atoms with van der Waals surface area (Å²) in [6.07, 6.45) is 2.40. The smallest absolute Gasteiger partial charge is 0.0515 e. The molecule has 1 nitrogen and oxygen atoms in total. The molecular weight excluding hydrogens is 139 g/mol. The molecule has 0 saturated heterocycles. The van der Waals surface area contributed by atoms with Crippen molar-refractivity contribution in [3.05, 3.63) is 0 Å². The molecule has 0 atom stereocenters. The zero-order chi connectivity index (χ0) is 7.82. The zero-order valence-corrected chi connectivity index (χ0v) is 8.25. The molecule has 0 aromatic carbocycles. The predicted octanol–water partition coefficient (Wildman–Crippen LogP) is 1.32. The minimum atomic E-state index is 0.167. The van der Waals surface area contributed by atoms with E-state index in [1.54, 1.807) is 0 Å². The van der Waals surface area contributed by atoms with Crippen molar-refractivity contribution in [1.29, 1.82) is 0 Å². The van der Waals surface area contributed by atoms with Crippen molar-refractivity contribution < 1.29 is 5.11 Å². The average Bonchev–Trinajstić information content (AvgIpc) is 2.72. The summed E-state index contributed by atoms with van der Waals surface area (Å²) in [5.74, 6) is 0.579. The van der Waals surface area contributed by atoms with Gasteiger partial charge in [0.2, 0.25) is 0 Å². The molecule has 0 aromatic rings.